The molecule has 0 aliphatic carbocycles. The molecule has 1 aliphatic rings. The van der Waals surface area contributed by atoms with Crippen LogP contribution < -0.4 is 5.32 Å². The van der Waals surface area contributed by atoms with E-state index in [0.29, 0.717) is 12.3 Å². The summed E-state index contributed by atoms with van der Waals surface area (Å²) in [7, 11) is 0. The van der Waals surface area contributed by atoms with Crippen molar-refractivity contribution < 1.29 is 9.90 Å². The Hall–Kier alpha value is -0.610. The third-order valence-corrected chi connectivity index (χ3v) is 3.48. The molecular weight excluding hydrogens is 228 g/mol. The highest BCUT2D eigenvalue weighted by molar-refractivity contribution is 5.76. The molecule has 1 saturated heterocycles. The maximum absolute atomic E-state index is 11.7. The predicted octanol–water partition coefficient (Wildman–Crippen LogP) is 1.38. The van der Waals surface area contributed by atoms with Gasteiger partial charge in [-0.2, -0.15) is 0 Å². The van der Waals surface area contributed by atoms with Crippen molar-refractivity contribution in [3.05, 3.63) is 0 Å². The molecule has 0 aromatic rings. The van der Waals surface area contributed by atoms with Crippen LogP contribution >= 0.6 is 0 Å². The van der Waals surface area contributed by atoms with E-state index in [1.165, 1.54) is 0 Å². The SMILES string of the molecule is CC(O)C1CCN(CCC(=O)NC(C)(C)C)CC1. The zero-order chi connectivity index (χ0) is 13.8. The Balaban J connectivity index is 2.20. The molecule has 0 bridgehead atoms. The van der Waals surface area contributed by atoms with E-state index in [1.807, 2.05) is 27.7 Å². The molecule has 1 heterocycles. The van der Waals surface area contributed by atoms with Crippen LogP contribution in [0.15, 0.2) is 0 Å². The van der Waals surface area contributed by atoms with E-state index in [4.69, 9.17) is 0 Å². The summed E-state index contributed by atoms with van der Waals surface area (Å²) in [5, 5.41) is 12.5. The fraction of sp³-hybridized carbons (Fsp3) is 0.929. The first-order valence-electron chi connectivity index (χ1n) is 6.99. The molecule has 2 N–H and O–H groups in total. The van der Waals surface area contributed by atoms with Crippen LogP contribution in [0.3, 0.4) is 0 Å². The molecule has 106 valence electrons. The predicted molar refractivity (Wildman–Crippen MR) is 73.4 cm³/mol. The van der Waals surface area contributed by atoms with E-state index in [-0.39, 0.29) is 17.6 Å². The molecule has 1 unspecified atom stereocenters. The average molecular weight is 256 g/mol. The van der Waals surface area contributed by atoms with Gasteiger partial charge in [0, 0.05) is 18.5 Å². The third-order valence-electron chi connectivity index (χ3n) is 3.48. The summed E-state index contributed by atoms with van der Waals surface area (Å²) in [6.07, 6.45) is 2.45. The van der Waals surface area contributed by atoms with Crippen molar-refractivity contribution in [2.24, 2.45) is 5.92 Å². The number of likely N-dealkylation sites (tertiary alicyclic amines) is 1. The van der Waals surface area contributed by atoms with Crippen LogP contribution in [0.5, 0.6) is 0 Å². The monoisotopic (exact) mass is 256 g/mol. The van der Waals surface area contributed by atoms with Crippen molar-refractivity contribution in [2.75, 3.05) is 19.6 Å². The minimum atomic E-state index is -0.198. The van der Waals surface area contributed by atoms with Gasteiger partial charge in [0.15, 0.2) is 0 Å². The van der Waals surface area contributed by atoms with Crippen molar-refractivity contribution in [1.29, 1.82) is 0 Å². The highest BCUT2D eigenvalue weighted by Gasteiger charge is 2.23. The van der Waals surface area contributed by atoms with Gasteiger partial charge >= 0.3 is 0 Å². The quantitative estimate of drug-likeness (QED) is 0.799. The number of nitrogens with zero attached hydrogens (tertiary/aromatic N) is 1. The minimum absolute atomic E-state index is 0.125. The second-order valence-electron chi connectivity index (χ2n) is 6.47. The van der Waals surface area contributed by atoms with Crippen LogP contribution in [0.4, 0.5) is 0 Å². The molecule has 1 fully saturated rings. The summed E-state index contributed by atoms with van der Waals surface area (Å²) >= 11 is 0. The van der Waals surface area contributed by atoms with Crippen LogP contribution in [0, 0.1) is 5.92 Å². The van der Waals surface area contributed by atoms with E-state index >= 15 is 0 Å². The lowest BCUT2D eigenvalue weighted by Gasteiger charge is -2.33. The normalized spacial score (nSPS) is 20.7. The number of amides is 1. The Bertz CT molecular complexity index is 263. The Morgan fingerprint density at radius 3 is 2.39 bits per heavy atom. The average Bonchev–Trinajstić information content (AvgIpc) is 2.24. The lowest BCUT2D eigenvalue weighted by Crippen LogP contribution is -2.43. The van der Waals surface area contributed by atoms with Crippen LogP contribution in [0.1, 0.15) is 47.0 Å². The Kier molecular flexibility index (Phi) is 5.60. The van der Waals surface area contributed by atoms with Gasteiger partial charge in [0.05, 0.1) is 6.10 Å². The summed E-state index contributed by atoms with van der Waals surface area (Å²) < 4.78 is 0. The van der Waals surface area contributed by atoms with Crippen molar-refractivity contribution in [2.45, 2.75) is 58.6 Å². The molecule has 0 radical (unpaired) electrons. The second-order valence-corrected chi connectivity index (χ2v) is 6.47. The molecule has 1 aliphatic heterocycles. The lowest BCUT2D eigenvalue weighted by molar-refractivity contribution is -0.122. The molecule has 4 nitrogen and oxygen atoms in total. The first-order chi connectivity index (χ1) is 8.28. The smallest absolute Gasteiger partial charge is 0.221 e. The number of piperidine rings is 1. The molecule has 0 spiro atoms. The van der Waals surface area contributed by atoms with E-state index in [9.17, 15) is 9.90 Å². The number of carbonyl (C=O) groups excluding carboxylic acids is 1. The first kappa shape index (κ1) is 15.4. The van der Waals surface area contributed by atoms with Gasteiger partial charge in [0.25, 0.3) is 0 Å². The largest absolute Gasteiger partial charge is 0.393 e. The van der Waals surface area contributed by atoms with Gasteiger partial charge in [-0.05, 0) is 59.5 Å². The van der Waals surface area contributed by atoms with Crippen LogP contribution in [0.2, 0.25) is 0 Å². The number of hydrogen-bond acceptors (Lipinski definition) is 3. The standard InChI is InChI=1S/C14H28N2O2/c1-11(17)12-5-8-16(9-6-12)10-7-13(18)15-14(2,3)4/h11-12,17H,5-10H2,1-4H3,(H,15,18). The van der Waals surface area contributed by atoms with Crippen molar-refractivity contribution in [3.8, 4) is 0 Å². The summed E-state index contributed by atoms with van der Waals surface area (Å²) in [5.74, 6) is 0.560. The van der Waals surface area contributed by atoms with Crippen molar-refractivity contribution >= 4 is 5.91 Å². The maximum atomic E-state index is 11.7. The van der Waals surface area contributed by atoms with Crippen LogP contribution in [0.25, 0.3) is 0 Å². The van der Waals surface area contributed by atoms with Gasteiger partial charge in [0.1, 0.15) is 0 Å². The number of aliphatic hydroxyl groups is 1. The van der Waals surface area contributed by atoms with E-state index < -0.39 is 0 Å². The van der Waals surface area contributed by atoms with Gasteiger partial charge in [-0.15, -0.1) is 0 Å². The van der Waals surface area contributed by atoms with E-state index in [0.717, 1.165) is 32.5 Å². The van der Waals surface area contributed by atoms with Gasteiger partial charge in [-0.3, -0.25) is 4.79 Å². The summed E-state index contributed by atoms with van der Waals surface area (Å²) in [6, 6.07) is 0. The van der Waals surface area contributed by atoms with Crippen LogP contribution in [-0.4, -0.2) is 47.2 Å². The van der Waals surface area contributed by atoms with Crippen molar-refractivity contribution in [3.63, 3.8) is 0 Å². The zero-order valence-corrected chi connectivity index (χ0v) is 12.2. The number of rotatable bonds is 4. The number of nitrogens with one attached hydrogen (secondary N) is 1. The van der Waals surface area contributed by atoms with Gasteiger partial charge in [0.2, 0.25) is 5.91 Å². The highest BCUT2D eigenvalue weighted by atomic mass is 16.3. The van der Waals surface area contributed by atoms with Gasteiger partial charge in [-0.1, -0.05) is 0 Å². The fourth-order valence-electron chi connectivity index (χ4n) is 2.40. The Morgan fingerprint density at radius 2 is 1.94 bits per heavy atom. The molecule has 1 rings (SSSR count). The Labute approximate surface area is 111 Å². The van der Waals surface area contributed by atoms with E-state index in [1.54, 1.807) is 0 Å². The maximum Gasteiger partial charge on any atom is 0.221 e. The molecule has 0 aromatic carbocycles. The Morgan fingerprint density at radius 1 is 1.39 bits per heavy atom. The van der Waals surface area contributed by atoms with Gasteiger partial charge in [-0.25, -0.2) is 0 Å². The lowest BCUT2D eigenvalue weighted by atomic mass is 9.92. The molecular formula is C14H28N2O2. The summed E-state index contributed by atoms with van der Waals surface area (Å²) in [6.45, 7) is 10.7. The first-order valence-corrected chi connectivity index (χ1v) is 6.99. The van der Waals surface area contributed by atoms with Crippen molar-refractivity contribution in [1.82, 2.24) is 10.2 Å². The van der Waals surface area contributed by atoms with Crippen LogP contribution in [-0.2, 0) is 4.79 Å². The van der Waals surface area contributed by atoms with Gasteiger partial charge < -0.3 is 15.3 Å². The summed E-state index contributed by atoms with van der Waals surface area (Å²) in [4.78, 5) is 14.0. The molecule has 1 atom stereocenters. The second kappa shape index (κ2) is 6.53. The molecule has 0 aromatic heterocycles. The number of aliphatic hydroxyl groups excluding tert-OH is 1. The third kappa shape index (κ3) is 5.83. The number of carbonyl (C=O) groups is 1. The van der Waals surface area contributed by atoms with E-state index in [2.05, 4.69) is 10.2 Å². The fourth-order valence-corrected chi connectivity index (χ4v) is 2.40. The molecule has 18 heavy (non-hydrogen) atoms. The topological polar surface area (TPSA) is 52.6 Å². The minimum Gasteiger partial charge on any atom is -0.393 e. The zero-order valence-electron chi connectivity index (χ0n) is 12.2. The molecule has 1 amide bonds. The molecule has 0 saturated carbocycles. The number of hydrogen-bond donors (Lipinski definition) is 2. The molecule has 4 heteroatoms. The highest BCUT2D eigenvalue weighted by Crippen LogP contribution is 2.20. The summed E-state index contributed by atoms with van der Waals surface area (Å²) in [5.41, 5.74) is -0.142.